The lowest BCUT2D eigenvalue weighted by atomic mass is 10.2. The summed E-state index contributed by atoms with van der Waals surface area (Å²) in [7, 11) is 0. The van der Waals surface area contributed by atoms with E-state index in [0.717, 1.165) is 37.9 Å². The fourth-order valence-electron chi connectivity index (χ4n) is 1.77. The van der Waals surface area contributed by atoms with E-state index in [4.69, 9.17) is 4.74 Å². The first-order valence-corrected chi connectivity index (χ1v) is 8.62. The Balaban J connectivity index is 3.88. The Morgan fingerprint density at radius 3 is 2.35 bits per heavy atom. The molecule has 0 saturated carbocycles. The summed E-state index contributed by atoms with van der Waals surface area (Å²) in [5, 5.41) is -0.104. The molecule has 0 fully saturated rings. The van der Waals surface area contributed by atoms with E-state index in [9.17, 15) is 13.6 Å². The van der Waals surface area contributed by atoms with Crippen molar-refractivity contribution in [2.45, 2.75) is 83.5 Å². The highest BCUT2D eigenvalue weighted by molar-refractivity contribution is 8.00. The summed E-state index contributed by atoms with van der Waals surface area (Å²) < 4.78 is 29.2. The molecule has 0 aliphatic rings. The van der Waals surface area contributed by atoms with Crippen LogP contribution < -0.4 is 0 Å². The summed E-state index contributed by atoms with van der Waals surface area (Å²) in [5.41, 5.74) is 0. The maximum Gasteiger partial charge on any atom is 0.319 e. The van der Waals surface area contributed by atoms with Gasteiger partial charge in [-0.2, -0.15) is 0 Å². The van der Waals surface area contributed by atoms with Crippen molar-refractivity contribution >= 4 is 17.7 Å². The average molecular weight is 310 g/mol. The Bertz CT molecular complexity index is 248. The first kappa shape index (κ1) is 19.7. The molecule has 0 bridgehead atoms. The van der Waals surface area contributed by atoms with Gasteiger partial charge in [-0.15, -0.1) is 11.8 Å². The standard InChI is InChI=1S/C15H28F2O2S/c1-4-5-9-13(15(18)19-12(2)3)20-11-8-6-7-10-14(16)17/h12-14H,4-11H2,1-3H3. The van der Waals surface area contributed by atoms with Crippen LogP contribution in [-0.2, 0) is 9.53 Å². The maximum atomic E-state index is 12.0. The van der Waals surface area contributed by atoms with E-state index in [0.29, 0.717) is 6.42 Å². The summed E-state index contributed by atoms with van der Waals surface area (Å²) in [6.07, 6.45) is 2.86. The van der Waals surface area contributed by atoms with Crippen LogP contribution in [0.3, 0.4) is 0 Å². The van der Waals surface area contributed by atoms with Gasteiger partial charge in [-0.3, -0.25) is 4.79 Å². The second-order valence-corrected chi connectivity index (χ2v) is 6.54. The second kappa shape index (κ2) is 12.4. The fraction of sp³-hybridized carbons (Fsp3) is 0.933. The minimum Gasteiger partial charge on any atom is -0.462 e. The summed E-state index contributed by atoms with van der Waals surface area (Å²) in [6.45, 7) is 5.80. The smallest absolute Gasteiger partial charge is 0.319 e. The lowest BCUT2D eigenvalue weighted by Crippen LogP contribution is -2.23. The van der Waals surface area contributed by atoms with Gasteiger partial charge in [0.15, 0.2) is 0 Å². The molecule has 0 aromatic carbocycles. The lowest BCUT2D eigenvalue weighted by Gasteiger charge is -2.17. The zero-order chi connectivity index (χ0) is 15.4. The molecule has 0 heterocycles. The number of rotatable bonds is 12. The minimum atomic E-state index is -2.19. The molecule has 5 heteroatoms. The SMILES string of the molecule is CCCCC(SCCCCCC(F)F)C(=O)OC(C)C. The number of carbonyl (C=O) groups excluding carboxylic acids is 1. The van der Waals surface area contributed by atoms with E-state index in [-0.39, 0.29) is 23.7 Å². The number of ether oxygens (including phenoxy) is 1. The number of thioether (sulfide) groups is 1. The van der Waals surface area contributed by atoms with Gasteiger partial charge in [-0.1, -0.05) is 26.2 Å². The van der Waals surface area contributed by atoms with Crippen LogP contribution in [0, 0.1) is 0 Å². The Morgan fingerprint density at radius 1 is 1.10 bits per heavy atom. The van der Waals surface area contributed by atoms with Gasteiger partial charge in [-0.25, -0.2) is 8.78 Å². The first-order chi connectivity index (χ1) is 9.47. The van der Waals surface area contributed by atoms with Gasteiger partial charge in [-0.05, 0) is 38.9 Å². The predicted molar refractivity (Wildman–Crippen MR) is 81.5 cm³/mol. The molecule has 0 aromatic rings. The van der Waals surface area contributed by atoms with Crippen molar-refractivity contribution < 1.29 is 18.3 Å². The fourth-order valence-corrected chi connectivity index (χ4v) is 2.95. The molecule has 1 unspecified atom stereocenters. The average Bonchev–Trinajstić information content (AvgIpc) is 2.35. The van der Waals surface area contributed by atoms with Gasteiger partial charge >= 0.3 is 5.97 Å². The molecule has 0 radical (unpaired) electrons. The normalized spacial score (nSPS) is 12.9. The Labute approximate surface area is 126 Å². The second-order valence-electron chi connectivity index (χ2n) is 5.23. The molecule has 0 aromatic heterocycles. The van der Waals surface area contributed by atoms with Crippen LogP contribution in [0.1, 0.15) is 65.7 Å². The lowest BCUT2D eigenvalue weighted by molar-refractivity contribution is -0.146. The molecule has 0 aliphatic carbocycles. The third kappa shape index (κ3) is 11.5. The maximum absolute atomic E-state index is 12.0. The molecule has 120 valence electrons. The number of halogens is 2. The van der Waals surface area contributed by atoms with Gasteiger partial charge in [0.1, 0.15) is 5.25 Å². The molecular weight excluding hydrogens is 282 g/mol. The van der Waals surface area contributed by atoms with Gasteiger partial charge in [0, 0.05) is 6.42 Å². The molecule has 0 spiro atoms. The van der Waals surface area contributed by atoms with Crippen LogP contribution in [0.15, 0.2) is 0 Å². The third-order valence-corrected chi connectivity index (χ3v) is 4.18. The van der Waals surface area contributed by atoms with Crippen molar-refractivity contribution in [1.29, 1.82) is 0 Å². The largest absolute Gasteiger partial charge is 0.462 e. The number of hydrogen-bond donors (Lipinski definition) is 0. The summed E-state index contributed by atoms with van der Waals surface area (Å²) >= 11 is 1.61. The molecule has 0 aliphatic heterocycles. The predicted octanol–water partition coefficient (Wildman–Crippen LogP) is 5.06. The van der Waals surface area contributed by atoms with Crippen molar-refractivity contribution in [2.75, 3.05) is 5.75 Å². The molecule has 2 nitrogen and oxygen atoms in total. The number of hydrogen-bond acceptors (Lipinski definition) is 3. The van der Waals surface area contributed by atoms with E-state index < -0.39 is 6.43 Å². The van der Waals surface area contributed by atoms with Crippen LogP contribution in [0.5, 0.6) is 0 Å². The highest BCUT2D eigenvalue weighted by Crippen LogP contribution is 2.21. The van der Waals surface area contributed by atoms with Crippen LogP contribution in [0.4, 0.5) is 8.78 Å². The van der Waals surface area contributed by atoms with Crippen molar-refractivity contribution in [3.05, 3.63) is 0 Å². The van der Waals surface area contributed by atoms with Crippen LogP contribution in [0.25, 0.3) is 0 Å². The van der Waals surface area contributed by atoms with Crippen molar-refractivity contribution in [1.82, 2.24) is 0 Å². The Morgan fingerprint density at radius 2 is 1.80 bits per heavy atom. The third-order valence-electron chi connectivity index (χ3n) is 2.82. The summed E-state index contributed by atoms with van der Waals surface area (Å²) in [4.78, 5) is 11.9. The minimum absolute atomic E-state index is 0.0146. The van der Waals surface area contributed by atoms with E-state index in [2.05, 4.69) is 6.92 Å². The van der Waals surface area contributed by atoms with E-state index in [1.807, 2.05) is 13.8 Å². The molecule has 1 atom stereocenters. The van der Waals surface area contributed by atoms with Gasteiger partial charge in [0.05, 0.1) is 6.10 Å². The van der Waals surface area contributed by atoms with Gasteiger partial charge < -0.3 is 4.74 Å². The first-order valence-electron chi connectivity index (χ1n) is 7.57. The topological polar surface area (TPSA) is 26.3 Å². The van der Waals surface area contributed by atoms with Crippen LogP contribution in [0.2, 0.25) is 0 Å². The molecule has 0 rings (SSSR count). The molecule has 0 saturated heterocycles. The van der Waals surface area contributed by atoms with E-state index >= 15 is 0 Å². The van der Waals surface area contributed by atoms with E-state index in [1.165, 1.54) is 0 Å². The zero-order valence-corrected chi connectivity index (χ0v) is 13.7. The van der Waals surface area contributed by atoms with Gasteiger partial charge in [0.2, 0.25) is 6.43 Å². The highest BCUT2D eigenvalue weighted by atomic mass is 32.2. The number of alkyl halides is 2. The van der Waals surface area contributed by atoms with E-state index in [1.54, 1.807) is 11.8 Å². The van der Waals surface area contributed by atoms with Crippen LogP contribution >= 0.6 is 11.8 Å². The summed E-state index contributed by atoms with van der Waals surface area (Å²) in [6, 6.07) is 0. The Hall–Kier alpha value is -0.320. The van der Waals surface area contributed by atoms with Gasteiger partial charge in [0.25, 0.3) is 0 Å². The molecule has 0 N–H and O–H groups in total. The number of esters is 1. The van der Waals surface area contributed by atoms with Crippen molar-refractivity contribution in [3.8, 4) is 0 Å². The highest BCUT2D eigenvalue weighted by Gasteiger charge is 2.20. The van der Waals surface area contributed by atoms with Crippen molar-refractivity contribution in [2.24, 2.45) is 0 Å². The molecule has 20 heavy (non-hydrogen) atoms. The monoisotopic (exact) mass is 310 g/mol. The number of carbonyl (C=O) groups is 1. The summed E-state index contributed by atoms with van der Waals surface area (Å²) in [5.74, 6) is 0.705. The molecule has 0 amide bonds. The number of unbranched alkanes of at least 4 members (excludes halogenated alkanes) is 3. The zero-order valence-electron chi connectivity index (χ0n) is 12.9. The van der Waals surface area contributed by atoms with Crippen molar-refractivity contribution in [3.63, 3.8) is 0 Å². The van der Waals surface area contributed by atoms with Crippen LogP contribution in [-0.4, -0.2) is 29.5 Å². The quantitative estimate of drug-likeness (QED) is 0.372. The molecular formula is C15H28F2O2S. The Kier molecular flexibility index (Phi) is 12.2.